The summed E-state index contributed by atoms with van der Waals surface area (Å²) in [5.41, 5.74) is 22.1. The zero-order chi connectivity index (χ0) is 44.2. The predicted octanol–water partition coefficient (Wildman–Crippen LogP) is 16.5. The van der Waals surface area contributed by atoms with Crippen LogP contribution in [0.5, 0.6) is 0 Å². The third-order valence-corrected chi connectivity index (χ3v) is 14.0. The number of H-pyrrole nitrogens is 1. The summed E-state index contributed by atoms with van der Waals surface area (Å²) in [5, 5.41) is 9.06. The molecule has 0 amide bonds. The summed E-state index contributed by atoms with van der Waals surface area (Å²) >= 11 is 0. The molecule has 0 fully saturated rings. The Hall–Kier alpha value is -6.13. The molecule has 318 valence electrons. The van der Waals surface area contributed by atoms with Crippen LogP contribution in [0.2, 0.25) is 0 Å². The van der Waals surface area contributed by atoms with Gasteiger partial charge in [-0.3, -0.25) is 0 Å². The van der Waals surface area contributed by atoms with Crippen LogP contribution >= 0.6 is 0 Å². The molecule has 0 atom stereocenters. The van der Waals surface area contributed by atoms with Crippen molar-refractivity contribution in [2.75, 3.05) is 0 Å². The van der Waals surface area contributed by atoms with Crippen LogP contribution in [-0.2, 0) is 0 Å². The number of aromatic nitrogens is 4. The SMILES string of the molecule is CC(C)c1cccc(C(C)C)c1-c1ccc2c(c1)c1cc(-c3c(C(C)C)cccc3C(C)C)cc3c1n2[nH][n+]1cc(-c2c(C(C)C)cccc2C(C)C)cc2c4ccccc4n3c21. The monoisotopic (exact) mass is 828 g/mol. The number of hydrogen-bond acceptors (Lipinski definition) is 0. The second-order valence-electron chi connectivity index (χ2n) is 20.1. The zero-order valence-electron chi connectivity index (χ0n) is 39.4. The lowest BCUT2D eigenvalue weighted by molar-refractivity contribution is -0.588. The molecule has 0 saturated carbocycles. The highest BCUT2D eigenvalue weighted by atomic mass is 15.4. The summed E-state index contributed by atoms with van der Waals surface area (Å²) in [6.45, 7) is 28.0. The highest BCUT2D eigenvalue weighted by molar-refractivity contribution is 6.17. The van der Waals surface area contributed by atoms with E-state index in [4.69, 9.17) is 0 Å². The highest BCUT2D eigenvalue weighted by Gasteiger charge is 2.28. The number of nitrogens with one attached hydrogen (secondary N) is 1. The van der Waals surface area contributed by atoms with Crippen molar-refractivity contribution in [1.29, 1.82) is 0 Å². The van der Waals surface area contributed by atoms with E-state index < -0.39 is 0 Å². The number of aromatic amines is 1. The van der Waals surface area contributed by atoms with Crippen molar-refractivity contribution in [2.45, 2.75) is 119 Å². The van der Waals surface area contributed by atoms with Gasteiger partial charge < -0.3 is 0 Å². The first kappa shape index (κ1) is 40.9. The number of hydrogen-bond donors (Lipinski definition) is 1. The second-order valence-corrected chi connectivity index (χ2v) is 20.1. The molecule has 63 heavy (non-hydrogen) atoms. The van der Waals surface area contributed by atoms with Gasteiger partial charge in [-0.1, -0.05) is 162 Å². The molecule has 10 rings (SSSR count). The third kappa shape index (κ3) is 6.34. The first-order valence-corrected chi connectivity index (χ1v) is 23.5. The van der Waals surface area contributed by atoms with Crippen LogP contribution in [0.1, 0.15) is 152 Å². The number of nitrogens with zero attached hydrogens (tertiary/aromatic N) is 3. The quantitative estimate of drug-likeness (QED) is 0.140. The molecule has 10 aromatic rings. The van der Waals surface area contributed by atoms with Crippen molar-refractivity contribution in [3.8, 4) is 33.4 Å². The van der Waals surface area contributed by atoms with Gasteiger partial charge in [-0.15, -0.1) is 9.73 Å². The second kappa shape index (κ2) is 15.3. The van der Waals surface area contributed by atoms with Crippen molar-refractivity contribution in [3.63, 3.8) is 0 Å². The van der Waals surface area contributed by atoms with Gasteiger partial charge in [0.05, 0.1) is 11.6 Å². The molecule has 4 aromatic heterocycles. The molecule has 4 heterocycles. The molecule has 4 heteroatoms. The van der Waals surface area contributed by atoms with E-state index in [1.54, 1.807) is 0 Å². The first-order chi connectivity index (χ1) is 30.2. The van der Waals surface area contributed by atoms with E-state index in [0.29, 0.717) is 35.5 Å². The molecule has 4 nitrogen and oxygen atoms in total. The van der Waals surface area contributed by atoms with Gasteiger partial charge in [0.15, 0.2) is 5.52 Å². The standard InChI is InChI=1S/C59H63N4/c1-33(2)42-19-15-20-43(34(3)4)55(42)39-26-27-53-49(28-39)50-29-40(56-44(35(5)6)21-16-22-45(56)36(7)8)31-54-58(50)63(53)60-61-32-41(57-46(37(9)10)23-17-24-47(57)38(11)12)30-51-48-18-13-14-25-52(48)62(54)59(51)61/h13-38,60H,1-12H3/q+1. The summed E-state index contributed by atoms with van der Waals surface area (Å²) in [6, 6.07) is 44.5. The Morgan fingerprint density at radius 2 is 0.841 bits per heavy atom. The molecule has 0 spiro atoms. The molecule has 1 N–H and O–H groups in total. The minimum Gasteiger partial charge on any atom is -0.220 e. The van der Waals surface area contributed by atoms with Gasteiger partial charge in [0.25, 0.3) is 5.65 Å². The van der Waals surface area contributed by atoms with E-state index in [-0.39, 0.29) is 0 Å². The Labute approximate surface area is 373 Å². The maximum absolute atomic E-state index is 4.07. The van der Waals surface area contributed by atoms with E-state index in [9.17, 15) is 0 Å². The van der Waals surface area contributed by atoms with Crippen molar-refractivity contribution >= 4 is 49.3 Å². The Morgan fingerprint density at radius 1 is 0.381 bits per heavy atom. The maximum Gasteiger partial charge on any atom is 0.263 e. The average Bonchev–Trinajstić information content (AvgIpc) is 3.71. The fourth-order valence-electron chi connectivity index (χ4n) is 10.9. The summed E-state index contributed by atoms with van der Waals surface area (Å²) in [7, 11) is 0. The van der Waals surface area contributed by atoms with Crippen LogP contribution in [0.25, 0.3) is 82.6 Å². The van der Waals surface area contributed by atoms with E-state index in [2.05, 4.69) is 223 Å². The van der Waals surface area contributed by atoms with E-state index in [1.165, 1.54) is 105 Å². The zero-order valence-corrected chi connectivity index (χ0v) is 39.4. The van der Waals surface area contributed by atoms with Crippen LogP contribution in [0.15, 0.2) is 121 Å². The number of benzene rings is 6. The number of pyridine rings is 1. The molecular weight excluding hydrogens is 765 g/mol. The largest absolute Gasteiger partial charge is 0.263 e. The Bertz CT molecular complexity index is 3330. The Kier molecular flexibility index (Phi) is 9.93. The highest BCUT2D eigenvalue weighted by Crippen LogP contribution is 2.45. The average molecular weight is 828 g/mol. The molecule has 0 radical (unpaired) electrons. The van der Waals surface area contributed by atoms with Gasteiger partial charge in [-0.25, -0.2) is 4.40 Å². The van der Waals surface area contributed by atoms with Gasteiger partial charge in [0, 0.05) is 21.7 Å². The summed E-state index contributed by atoms with van der Waals surface area (Å²) in [5.74, 6) is 2.27. The smallest absolute Gasteiger partial charge is 0.220 e. The minimum absolute atomic E-state index is 0.364. The van der Waals surface area contributed by atoms with Crippen LogP contribution in [0, 0.1) is 0 Å². The normalized spacial score (nSPS) is 12.7. The molecule has 0 aliphatic carbocycles. The van der Waals surface area contributed by atoms with Crippen LogP contribution < -0.4 is 4.52 Å². The molecule has 0 aliphatic rings. The lowest BCUT2D eigenvalue weighted by atomic mass is 9.84. The van der Waals surface area contributed by atoms with Crippen molar-refractivity contribution in [1.82, 2.24) is 14.1 Å². The molecular formula is C59H63N4+. The molecule has 0 bridgehead atoms. The molecule has 0 saturated heterocycles. The Morgan fingerprint density at radius 3 is 1.37 bits per heavy atom. The topological polar surface area (TPSA) is 28.7 Å². The first-order valence-electron chi connectivity index (χ1n) is 23.5. The molecule has 0 unspecified atom stereocenters. The van der Waals surface area contributed by atoms with Gasteiger partial charge in [-0.05, 0) is 133 Å². The van der Waals surface area contributed by atoms with Gasteiger partial charge in [0.2, 0.25) is 0 Å². The van der Waals surface area contributed by atoms with Crippen molar-refractivity contribution in [2.24, 2.45) is 0 Å². The number of para-hydroxylation sites is 1. The van der Waals surface area contributed by atoms with Crippen molar-refractivity contribution in [3.05, 3.63) is 155 Å². The number of fused-ring (bicyclic) bond motifs is 7. The lowest BCUT2D eigenvalue weighted by Crippen LogP contribution is -2.28. The predicted molar refractivity (Wildman–Crippen MR) is 269 cm³/mol. The minimum atomic E-state index is 0.364. The van der Waals surface area contributed by atoms with Crippen LogP contribution in [0.3, 0.4) is 0 Å². The van der Waals surface area contributed by atoms with E-state index in [0.717, 1.165) is 11.2 Å². The number of rotatable bonds is 9. The third-order valence-electron chi connectivity index (χ3n) is 14.0. The van der Waals surface area contributed by atoms with Crippen molar-refractivity contribution < 1.29 is 4.52 Å². The summed E-state index contributed by atoms with van der Waals surface area (Å²) in [4.78, 5) is 0. The van der Waals surface area contributed by atoms with E-state index >= 15 is 0 Å². The molecule has 0 aliphatic heterocycles. The van der Waals surface area contributed by atoms with E-state index in [1.807, 2.05) is 0 Å². The van der Waals surface area contributed by atoms with Crippen LogP contribution in [0.4, 0.5) is 0 Å². The summed E-state index contributed by atoms with van der Waals surface area (Å²) < 4.78 is 7.25. The van der Waals surface area contributed by atoms with Gasteiger partial charge in [-0.2, -0.15) is 4.52 Å². The fraction of sp³-hybridized carbons (Fsp3) is 0.305. The maximum atomic E-state index is 4.07. The lowest BCUT2D eigenvalue weighted by Gasteiger charge is -2.20. The Balaban J connectivity index is 1.44. The van der Waals surface area contributed by atoms with Crippen LogP contribution in [-0.4, -0.2) is 14.1 Å². The van der Waals surface area contributed by atoms with Gasteiger partial charge >= 0.3 is 0 Å². The van der Waals surface area contributed by atoms with Gasteiger partial charge in [0.1, 0.15) is 16.6 Å². The fourth-order valence-corrected chi connectivity index (χ4v) is 10.9. The summed E-state index contributed by atoms with van der Waals surface area (Å²) in [6.07, 6.45) is 2.36. The molecule has 6 aromatic carbocycles.